The number of alkyl halides is 2. The molecule has 0 amide bonds. The van der Waals surface area contributed by atoms with E-state index in [2.05, 4.69) is 5.32 Å². The fourth-order valence-corrected chi connectivity index (χ4v) is 2.17. The van der Waals surface area contributed by atoms with E-state index in [1.165, 1.54) is 7.11 Å². The van der Waals surface area contributed by atoms with Gasteiger partial charge in [-0.05, 0) is 46.2 Å². The first-order valence-electron chi connectivity index (χ1n) is 6.70. The van der Waals surface area contributed by atoms with Gasteiger partial charge in [0.25, 0.3) is 6.43 Å². The van der Waals surface area contributed by atoms with Gasteiger partial charge in [-0.3, -0.25) is 10.1 Å². The van der Waals surface area contributed by atoms with Crippen molar-refractivity contribution >= 4 is 5.97 Å². The van der Waals surface area contributed by atoms with Gasteiger partial charge in [0.15, 0.2) is 0 Å². The van der Waals surface area contributed by atoms with E-state index in [-0.39, 0.29) is 12.5 Å². The average molecular weight is 278 g/mol. The molecule has 4 nitrogen and oxygen atoms in total. The minimum atomic E-state index is -2.32. The predicted octanol–water partition coefficient (Wildman–Crippen LogP) is 1.65. The van der Waals surface area contributed by atoms with E-state index in [4.69, 9.17) is 4.74 Å². The molecular formula is C13H24F2N2O2. The molecule has 19 heavy (non-hydrogen) atoms. The number of carbonyl (C=O) groups is 1. The number of rotatable bonds is 9. The molecule has 1 unspecified atom stereocenters. The lowest BCUT2D eigenvalue weighted by Gasteiger charge is -2.29. The average Bonchev–Trinajstić information content (AvgIpc) is 3.10. The summed E-state index contributed by atoms with van der Waals surface area (Å²) in [4.78, 5) is 13.4. The van der Waals surface area contributed by atoms with Crippen LogP contribution in [0.5, 0.6) is 0 Å². The van der Waals surface area contributed by atoms with Gasteiger partial charge in [-0.15, -0.1) is 0 Å². The van der Waals surface area contributed by atoms with Gasteiger partial charge >= 0.3 is 5.97 Å². The fourth-order valence-electron chi connectivity index (χ4n) is 2.17. The van der Waals surface area contributed by atoms with Crippen molar-refractivity contribution in [3.63, 3.8) is 0 Å². The molecule has 1 N–H and O–H groups in total. The Hall–Kier alpha value is -0.750. The Kier molecular flexibility index (Phi) is 6.13. The molecule has 0 aromatic rings. The maximum atomic E-state index is 12.2. The molecule has 0 bridgehead atoms. The van der Waals surface area contributed by atoms with Crippen LogP contribution in [0.4, 0.5) is 8.78 Å². The molecule has 1 aliphatic rings. The molecule has 0 spiro atoms. The van der Waals surface area contributed by atoms with Gasteiger partial charge in [0.2, 0.25) is 0 Å². The zero-order valence-electron chi connectivity index (χ0n) is 11.9. The number of nitrogens with one attached hydrogen (secondary N) is 1. The standard InChI is InChI=1S/C13H24F2N2O2/c1-13(12(18)19-3,16-10-5-6-10)7-4-8-17(2)9-11(14)15/h10-11,16H,4-9H2,1-3H3. The van der Waals surface area contributed by atoms with Crippen LogP contribution >= 0.6 is 0 Å². The predicted molar refractivity (Wildman–Crippen MR) is 69.3 cm³/mol. The Morgan fingerprint density at radius 3 is 2.63 bits per heavy atom. The minimum absolute atomic E-state index is 0.231. The van der Waals surface area contributed by atoms with E-state index in [1.807, 2.05) is 6.92 Å². The summed E-state index contributed by atoms with van der Waals surface area (Å²) < 4.78 is 29.2. The van der Waals surface area contributed by atoms with Crippen molar-refractivity contribution in [2.45, 2.75) is 50.6 Å². The molecule has 1 fully saturated rings. The van der Waals surface area contributed by atoms with Gasteiger partial charge in [0.1, 0.15) is 5.54 Å². The summed E-state index contributed by atoms with van der Waals surface area (Å²) in [6, 6.07) is 0.392. The monoisotopic (exact) mass is 278 g/mol. The van der Waals surface area contributed by atoms with E-state index in [9.17, 15) is 13.6 Å². The minimum Gasteiger partial charge on any atom is -0.468 e. The van der Waals surface area contributed by atoms with Crippen LogP contribution in [-0.4, -0.2) is 56.1 Å². The SMILES string of the molecule is COC(=O)C(C)(CCCN(C)CC(F)F)NC1CC1. The van der Waals surface area contributed by atoms with Gasteiger partial charge in [0.05, 0.1) is 13.7 Å². The third-order valence-electron chi connectivity index (χ3n) is 3.40. The highest BCUT2D eigenvalue weighted by atomic mass is 19.3. The molecule has 1 saturated carbocycles. The summed E-state index contributed by atoms with van der Waals surface area (Å²) in [6.07, 6.45) is 1.11. The first-order valence-corrected chi connectivity index (χ1v) is 6.70. The van der Waals surface area contributed by atoms with E-state index < -0.39 is 12.0 Å². The van der Waals surface area contributed by atoms with Crippen molar-refractivity contribution in [2.24, 2.45) is 0 Å². The molecule has 1 aliphatic carbocycles. The first-order chi connectivity index (χ1) is 8.87. The lowest BCUT2D eigenvalue weighted by molar-refractivity contribution is -0.148. The maximum Gasteiger partial charge on any atom is 0.325 e. The number of ether oxygens (including phenoxy) is 1. The van der Waals surface area contributed by atoms with Crippen molar-refractivity contribution < 1.29 is 18.3 Å². The van der Waals surface area contributed by atoms with Crippen LogP contribution < -0.4 is 5.32 Å². The highest BCUT2D eigenvalue weighted by molar-refractivity contribution is 5.80. The maximum absolute atomic E-state index is 12.2. The number of carbonyl (C=O) groups excluding carboxylic acids is 1. The largest absolute Gasteiger partial charge is 0.468 e. The molecule has 0 radical (unpaired) electrons. The van der Waals surface area contributed by atoms with Crippen molar-refractivity contribution in [1.29, 1.82) is 0 Å². The Labute approximate surface area is 113 Å². The van der Waals surface area contributed by atoms with Crippen LogP contribution in [0.25, 0.3) is 0 Å². The third-order valence-corrected chi connectivity index (χ3v) is 3.40. The summed E-state index contributed by atoms with van der Waals surface area (Å²) >= 11 is 0. The van der Waals surface area contributed by atoms with E-state index in [0.717, 1.165) is 12.8 Å². The normalized spacial score (nSPS) is 18.7. The quantitative estimate of drug-likeness (QED) is 0.651. The fraction of sp³-hybridized carbons (Fsp3) is 0.923. The highest BCUT2D eigenvalue weighted by Gasteiger charge is 2.38. The Morgan fingerprint density at radius 1 is 1.53 bits per heavy atom. The van der Waals surface area contributed by atoms with Crippen LogP contribution in [0.15, 0.2) is 0 Å². The molecule has 112 valence electrons. The van der Waals surface area contributed by atoms with Crippen LogP contribution in [0.3, 0.4) is 0 Å². The van der Waals surface area contributed by atoms with Crippen LogP contribution in [0, 0.1) is 0 Å². The number of halogens is 2. The van der Waals surface area contributed by atoms with E-state index in [1.54, 1.807) is 11.9 Å². The Balaban J connectivity index is 2.37. The van der Waals surface area contributed by atoms with Crippen molar-refractivity contribution in [3.8, 4) is 0 Å². The van der Waals surface area contributed by atoms with Crippen molar-refractivity contribution in [1.82, 2.24) is 10.2 Å². The second-order valence-electron chi connectivity index (χ2n) is 5.50. The van der Waals surface area contributed by atoms with Crippen molar-refractivity contribution in [2.75, 3.05) is 27.2 Å². The van der Waals surface area contributed by atoms with E-state index in [0.29, 0.717) is 25.4 Å². The molecular weight excluding hydrogens is 254 g/mol. The summed E-state index contributed by atoms with van der Waals surface area (Å²) in [5.74, 6) is -0.282. The Morgan fingerprint density at radius 2 is 2.16 bits per heavy atom. The smallest absolute Gasteiger partial charge is 0.325 e. The molecule has 0 aromatic carbocycles. The highest BCUT2D eigenvalue weighted by Crippen LogP contribution is 2.25. The number of esters is 1. The van der Waals surface area contributed by atoms with Crippen LogP contribution in [0.2, 0.25) is 0 Å². The van der Waals surface area contributed by atoms with Gasteiger partial charge in [-0.25, -0.2) is 8.78 Å². The summed E-state index contributed by atoms with van der Waals surface area (Å²) in [5, 5.41) is 3.29. The lowest BCUT2D eigenvalue weighted by Crippen LogP contribution is -2.51. The topological polar surface area (TPSA) is 41.6 Å². The van der Waals surface area contributed by atoms with E-state index >= 15 is 0 Å². The van der Waals surface area contributed by atoms with Gasteiger partial charge < -0.3 is 9.64 Å². The first kappa shape index (κ1) is 16.3. The van der Waals surface area contributed by atoms with Gasteiger partial charge in [-0.2, -0.15) is 0 Å². The molecule has 0 aromatic heterocycles. The van der Waals surface area contributed by atoms with Crippen molar-refractivity contribution in [3.05, 3.63) is 0 Å². The number of nitrogens with zero attached hydrogens (tertiary/aromatic N) is 1. The molecule has 1 atom stereocenters. The number of hydrogen-bond acceptors (Lipinski definition) is 4. The summed E-state index contributed by atoms with van der Waals surface area (Å²) in [7, 11) is 3.04. The molecule has 6 heteroatoms. The summed E-state index contributed by atoms with van der Waals surface area (Å²) in [6.45, 7) is 2.14. The molecule has 0 heterocycles. The van der Waals surface area contributed by atoms with Crippen LogP contribution in [0.1, 0.15) is 32.6 Å². The van der Waals surface area contributed by atoms with Gasteiger partial charge in [-0.1, -0.05) is 0 Å². The van der Waals surface area contributed by atoms with Crippen LogP contribution in [-0.2, 0) is 9.53 Å². The molecule has 1 rings (SSSR count). The number of methoxy groups -OCH3 is 1. The Bertz CT molecular complexity index is 298. The second kappa shape index (κ2) is 7.14. The summed E-state index contributed by atoms with van der Waals surface area (Å²) in [5.41, 5.74) is -0.707. The third kappa shape index (κ3) is 5.82. The zero-order valence-corrected chi connectivity index (χ0v) is 11.9. The lowest BCUT2D eigenvalue weighted by atomic mass is 9.95. The second-order valence-corrected chi connectivity index (χ2v) is 5.50. The molecule has 0 aliphatic heterocycles. The molecule has 0 saturated heterocycles. The van der Waals surface area contributed by atoms with Gasteiger partial charge in [0, 0.05) is 6.04 Å². The number of hydrogen-bond donors (Lipinski definition) is 1. The zero-order chi connectivity index (χ0) is 14.5.